The third-order valence-electron chi connectivity index (χ3n) is 3.63. The predicted octanol–water partition coefficient (Wildman–Crippen LogP) is 3.94. The Hall–Kier alpha value is -2.42. The predicted molar refractivity (Wildman–Crippen MR) is 104 cm³/mol. The van der Waals surface area contributed by atoms with Crippen LogP contribution in [0.3, 0.4) is 0 Å². The van der Waals surface area contributed by atoms with Gasteiger partial charge in [0.05, 0.1) is 15.7 Å². The van der Waals surface area contributed by atoms with Crippen LogP contribution in [-0.2, 0) is 9.59 Å². The van der Waals surface area contributed by atoms with Gasteiger partial charge in [-0.25, -0.2) is 9.80 Å². The number of carbonyl (C=O) groups is 3. The highest BCUT2D eigenvalue weighted by Crippen LogP contribution is 2.40. The molecule has 1 heterocycles. The van der Waals surface area contributed by atoms with Gasteiger partial charge in [-0.05, 0) is 42.7 Å². The molecule has 140 valence electrons. The van der Waals surface area contributed by atoms with Crippen molar-refractivity contribution in [2.45, 2.75) is 4.90 Å². The summed E-state index contributed by atoms with van der Waals surface area (Å²) >= 11 is 14.2. The number of hydrazine groups is 1. The quantitative estimate of drug-likeness (QED) is 0.579. The summed E-state index contributed by atoms with van der Waals surface area (Å²) in [4.78, 5) is 35.8. The van der Waals surface area contributed by atoms with E-state index in [2.05, 4.69) is 5.32 Å². The van der Waals surface area contributed by atoms with Crippen LogP contribution in [0.25, 0.3) is 0 Å². The molecule has 1 fully saturated rings. The molecule has 0 aliphatic carbocycles. The molecule has 0 spiro atoms. The Kier molecular flexibility index (Phi) is 5.79. The third-order valence-corrected chi connectivity index (χ3v) is 4.93. The highest BCUT2D eigenvalue weighted by atomic mass is 35.5. The van der Waals surface area contributed by atoms with E-state index in [1.54, 1.807) is 23.9 Å². The second-order valence-electron chi connectivity index (χ2n) is 5.38. The van der Waals surface area contributed by atoms with Crippen LogP contribution in [-0.4, -0.2) is 36.2 Å². The first-order chi connectivity index (χ1) is 12.9. The molecule has 1 aliphatic rings. The number of hydrogen-bond acceptors (Lipinski definition) is 5. The zero-order chi connectivity index (χ0) is 19.6. The number of rotatable bonds is 5. The average Bonchev–Trinajstić information content (AvgIpc) is 2.64. The molecule has 7 nitrogen and oxygen atoms in total. The van der Waals surface area contributed by atoms with Crippen molar-refractivity contribution in [3.05, 3.63) is 46.4 Å². The second-order valence-corrected chi connectivity index (χ2v) is 7.08. The fourth-order valence-electron chi connectivity index (χ4n) is 2.42. The molecule has 3 rings (SSSR count). The Labute approximate surface area is 169 Å². The van der Waals surface area contributed by atoms with Crippen LogP contribution in [0.5, 0.6) is 11.5 Å². The van der Waals surface area contributed by atoms with Gasteiger partial charge in [0.15, 0.2) is 5.75 Å². The topological polar surface area (TPSA) is 79.0 Å². The van der Waals surface area contributed by atoms with Gasteiger partial charge in [-0.2, -0.15) is 5.01 Å². The lowest BCUT2D eigenvalue weighted by molar-refractivity contribution is -0.129. The minimum Gasteiger partial charge on any atom is -0.454 e. The van der Waals surface area contributed by atoms with Gasteiger partial charge in [-0.15, -0.1) is 11.8 Å². The number of nitrogens with one attached hydrogen (secondary N) is 1. The van der Waals surface area contributed by atoms with Gasteiger partial charge in [0.1, 0.15) is 12.3 Å². The Morgan fingerprint density at radius 3 is 2.33 bits per heavy atom. The Balaban J connectivity index is 1.90. The van der Waals surface area contributed by atoms with E-state index < -0.39 is 11.9 Å². The van der Waals surface area contributed by atoms with Crippen LogP contribution >= 0.6 is 35.0 Å². The molecule has 0 atom stereocenters. The summed E-state index contributed by atoms with van der Waals surface area (Å²) < 4.78 is 5.75. The third kappa shape index (κ3) is 4.13. The number of benzene rings is 2. The van der Waals surface area contributed by atoms with Crippen LogP contribution in [0.1, 0.15) is 0 Å². The van der Waals surface area contributed by atoms with E-state index in [4.69, 9.17) is 27.9 Å². The van der Waals surface area contributed by atoms with Crippen molar-refractivity contribution >= 4 is 59.0 Å². The molecule has 0 saturated carbocycles. The SMILES string of the molecule is CSc1ccc(Oc2c(Cl)cc(N3C(=O)NC(=O)CN3C=O)cc2Cl)cc1. The first kappa shape index (κ1) is 19.3. The van der Waals surface area contributed by atoms with E-state index in [0.717, 1.165) is 14.9 Å². The van der Waals surface area contributed by atoms with E-state index in [9.17, 15) is 14.4 Å². The average molecular weight is 426 g/mol. The summed E-state index contributed by atoms with van der Waals surface area (Å²) in [5, 5.41) is 4.30. The summed E-state index contributed by atoms with van der Waals surface area (Å²) in [6.45, 7) is -0.301. The van der Waals surface area contributed by atoms with Crippen molar-refractivity contribution in [3.63, 3.8) is 0 Å². The molecule has 1 saturated heterocycles. The number of carbonyl (C=O) groups excluding carboxylic acids is 3. The van der Waals surface area contributed by atoms with Gasteiger partial charge < -0.3 is 4.74 Å². The zero-order valence-electron chi connectivity index (χ0n) is 13.9. The fraction of sp³-hybridized carbons (Fsp3) is 0.118. The number of hydrogen-bond donors (Lipinski definition) is 1. The maximum atomic E-state index is 12.1. The van der Waals surface area contributed by atoms with Gasteiger partial charge in [0.25, 0.3) is 0 Å². The summed E-state index contributed by atoms with van der Waals surface area (Å²) in [6.07, 6.45) is 2.34. The molecule has 2 aromatic rings. The Morgan fingerprint density at radius 2 is 1.78 bits per heavy atom. The summed E-state index contributed by atoms with van der Waals surface area (Å²) in [7, 11) is 0. The minimum atomic E-state index is -0.785. The van der Waals surface area contributed by atoms with Crippen LogP contribution in [0.15, 0.2) is 41.3 Å². The second kappa shape index (κ2) is 8.08. The molecule has 2 aromatic carbocycles. The standard InChI is InChI=1S/C17H13Cl2N3O4S/c1-27-12-4-2-11(3-5-12)26-16-13(18)6-10(7-14(16)19)22-17(25)20-15(24)8-21(22)9-23/h2-7,9H,8H2,1H3,(H,20,24,25). The monoisotopic (exact) mass is 425 g/mol. The molecule has 27 heavy (non-hydrogen) atoms. The lowest BCUT2D eigenvalue weighted by atomic mass is 10.2. The van der Waals surface area contributed by atoms with Crippen LogP contribution in [0, 0.1) is 0 Å². The molecule has 0 unspecified atom stereocenters. The van der Waals surface area contributed by atoms with Crippen LogP contribution < -0.4 is 15.1 Å². The molecule has 0 bridgehead atoms. The zero-order valence-corrected chi connectivity index (χ0v) is 16.3. The maximum absolute atomic E-state index is 12.1. The molecular weight excluding hydrogens is 413 g/mol. The molecule has 1 aliphatic heterocycles. The number of ether oxygens (including phenoxy) is 1. The maximum Gasteiger partial charge on any atom is 0.347 e. The first-order valence-corrected chi connectivity index (χ1v) is 9.57. The number of thioether (sulfide) groups is 1. The normalized spacial score (nSPS) is 14.2. The fourth-order valence-corrected chi connectivity index (χ4v) is 3.39. The smallest absolute Gasteiger partial charge is 0.347 e. The molecule has 0 aromatic heterocycles. The van der Waals surface area contributed by atoms with Crippen molar-refractivity contribution in [3.8, 4) is 11.5 Å². The van der Waals surface area contributed by atoms with E-state index in [1.807, 2.05) is 18.4 Å². The van der Waals surface area contributed by atoms with Gasteiger partial charge in [0.2, 0.25) is 12.3 Å². The van der Waals surface area contributed by atoms with Crippen molar-refractivity contribution in [1.29, 1.82) is 0 Å². The van der Waals surface area contributed by atoms with Crippen molar-refractivity contribution in [2.24, 2.45) is 0 Å². The van der Waals surface area contributed by atoms with Crippen molar-refractivity contribution in [1.82, 2.24) is 10.3 Å². The number of amides is 4. The summed E-state index contributed by atoms with van der Waals surface area (Å²) in [6, 6.07) is 9.41. The molecule has 0 radical (unpaired) electrons. The van der Waals surface area contributed by atoms with Gasteiger partial charge in [0, 0.05) is 4.90 Å². The summed E-state index contributed by atoms with van der Waals surface area (Å²) in [5.41, 5.74) is 0.215. The highest BCUT2D eigenvalue weighted by Gasteiger charge is 2.32. The molecule has 1 N–H and O–H groups in total. The van der Waals surface area contributed by atoms with E-state index in [-0.39, 0.29) is 28.0 Å². The highest BCUT2D eigenvalue weighted by molar-refractivity contribution is 7.98. The molecule has 10 heteroatoms. The van der Waals surface area contributed by atoms with Gasteiger partial charge in [-0.1, -0.05) is 23.2 Å². The van der Waals surface area contributed by atoms with Crippen LogP contribution in [0.2, 0.25) is 10.0 Å². The minimum absolute atomic E-state index is 0.141. The lowest BCUT2D eigenvalue weighted by Crippen LogP contribution is -2.60. The first-order valence-electron chi connectivity index (χ1n) is 7.59. The van der Waals surface area contributed by atoms with Gasteiger partial charge in [-0.3, -0.25) is 14.9 Å². The molecular formula is C17H13Cl2N3O4S. The Bertz CT molecular complexity index is 885. The largest absolute Gasteiger partial charge is 0.454 e. The van der Waals surface area contributed by atoms with E-state index in [0.29, 0.717) is 12.2 Å². The van der Waals surface area contributed by atoms with Crippen molar-refractivity contribution in [2.75, 3.05) is 17.8 Å². The van der Waals surface area contributed by atoms with E-state index in [1.165, 1.54) is 12.1 Å². The van der Waals surface area contributed by atoms with E-state index >= 15 is 0 Å². The van der Waals surface area contributed by atoms with Crippen LogP contribution in [0.4, 0.5) is 10.5 Å². The number of nitrogens with zero attached hydrogens (tertiary/aromatic N) is 2. The van der Waals surface area contributed by atoms with Crippen molar-refractivity contribution < 1.29 is 19.1 Å². The van der Waals surface area contributed by atoms with Gasteiger partial charge >= 0.3 is 6.03 Å². The summed E-state index contributed by atoms with van der Waals surface area (Å²) in [5.74, 6) is 0.166. The Morgan fingerprint density at radius 1 is 1.15 bits per heavy atom. The number of halogens is 2. The number of anilines is 1. The lowest BCUT2D eigenvalue weighted by Gasteiger charge is -2.35. The number of urea groups is 1. The number of imide groups is 1. The molecule has 4 amide bonds.